The van der Waals surface area contributed by atoms with Crippen molar-refractivity contribution in [3.8, 4) is 11.4 Å². The van der Waals surface area contributed by atoms with Crippen LogP contribution in [0.1, 0.15) is 34.1 Å². The van der Waals surface area contributed by atoms with Crippen LogP contribution in [0.5, 0.6) is 0 Å². The van der Waals surface area contributed by atoms with Gasteiger partial charge in [-0.25, -0.2) is 14.8 Å². The van der Waals surface area contributed by atoms with E-state index in [0.717, 1.165) is 28.3 Å². The summed E-state index contributed by atoms with van der Waals surface area (Å²) in [5.74, 6) is 1.10. The first-order valence-corrected chi connectivity index (χ1v) is 10.6. The molecule has 0 bridgehead atoms. The van der Waals surface area contributed by atoms with Gasteiger partial charge in [-0.3, -0.25) is 0 Å². The molecule has 0 fully saturated rings. The Morgan fingerprint density at radius 3 is 2.19 bits per heavy atom. The van der Waals surface area contributed by atoms with E-state index in [2.05, 4.69) is 17.4 Å². The number of anilines is 2. The summed E-state index contributed by atoms with van der Waals surface area (Å²) >= 11 is 0. The summed E-state index contributed by atoms with van der Waals surface area (Å²) in [4.78, 5) is 21.6. The number of ether oxygens (including phenoxy) is 1. The van der Waals surface area contributed by atoms with Crippen molar-refractivity contribution in [1.29, 1.82) is 0 Å². The van der Waals surface area contributed by atoms with Crippen LogP contribution in [0, 0.1) is 6.92 Å². The van der Waals surface area contributed by atoms with Crippen LogP contribution in [0.4, 0.5) is 11.5 Å². The van der Waals surface area contributed by atoms with E-state index in [-0.39, 0.29) is 5.97 Å². The lowest BCUT2D eigenvalue weighted by Crippen LogP contribution is -2.07. The fourth-order valence-electron chi connectivity index (χ4n) is 3.47. The van der Waals surface area contributed by atoms with E-state index in [1.54, 1.807) is 19.1 Å². The van der Waals surface area contributed by atoms with E-state index in [0.29, 0.717) is 24.4 Å². The van der Waals surface area contributed by atoms with Gasteiger partial charge in [0.25, 0.3) is 0 Å². The molecule has 0 aliphatic carbocycles. The Kier molecular flexibility index (Phi) is 6.56. The van der Waals surface area contributed by atoms with Gasteiger partial charge >= 0.3 is 5.97 Å². The highest BCUT2D eigenvalue weighted by atomic mass is 16.5. The molecule has 0 aliphatic heterocycles. The zero-order chi connectivity index (χ0) is 22.3. The van der Waals surface area contributed by atoms with Gasteiger partial charge in [0.05, 0.1) is 12.2 Å². The largest absolute Gasteiger partial charge is 0.462 e. The molecule has 5 heteroatoms. The molecule has 160 valence electrons. The summed E-state index contributed by atoms with van der Waals surface area (Å²) in [6.45, 7) is 4.16. The molecule has 0 spiro atoms. The summed E-state index contributed by atoms with van der Waals surface area (Å²) in [6.07, 6.45) is 0.713. The van der Waals surface area contributed by atoms with E-state index in [4.69, 9.17) is 14.7 Å². The third-order valence-electron chi connectivity index (χ3n) is 5.13. The third-order valence-corrected chi connectivity index (χ3v) is 5.13. The summed E-state index contributed by atoms with van der Waals surface area (Å²) < 4.78 is 5.07. The van der Waals surface area contributed by atoms with E-state index in [1.165, 1.54) is 5.56 Å². The van der Waals surface area contributed by atoms with Crippen molar-refractivity contribution in [2.24, 2.45) is 0 Å². The van der Waals surface area contributed by atoms with Gasteiger partial charge in [0.1, 0.15) is 5.82 Å². The fraction of sp³-hybridized carbons (Fsp3) is 0.148. The molecule has 0 unspecified atom stereocenters. The van der Waals surface area contributed by atoms with Crippen LogP contribution < -0.4 is 5.32 Å². The molecular weight excluding hydrogens is 398 g/mol. The number of rotatable bonds is 7. The number of aromatic nitrogens is 2. The molecule has 0 atom stereocenters. The van der Waals surface area contributed by atoms with Crippen LogP contribution in [-0.2, 0) is 11.2 Å². The molecule has 0 amide bonds. The van der Waals surface area contributed by atoms with Crippen molar-refractivity contribution in [3.63, 3.8) is 0 Å². The van der Waals surface area contributed by atoms with Crippen molar-refractivity contribution < 1.29 is 9.53 Å². The van der Waals surface area contributed by atoms with E-state index in [9.17, 15) is 4.79 Å². The van der Waals surface area contributed by atoms with Crippen molar-refractivity contribution in [3.05, 3.63) is 107 Å². The molecule has 1 aromatic heterocycles. The molecular formula is C27H25N3O2. The van der Waals surface area contributed by atoms with Crippen LogP contribution in [-0.4, -0.2) is 22.5 Å². The first kappa shape index (κ1) is 21.2. The molecule has 1 N–H and O–H groups in total. The Balaban J connectivity index is 1.70. The summed E-state index contributed by atoms with van der Waals surface area (Å²) in [5, 5.41) is 3.44. The predicted octanol–water partition coefficient (Wildman–Crippen LogP) is 5.96. The van der Waals surface area contributed by atoms with Crippen LogP contribution in [0.2, 0.25) is 0 Å². The van der Waals surface area contributed by atoms with Crippen molar-refractivity contribution in [2.75, 3.05) is 11.9 Å². The highest BCUT2D eigenvalue weighted by molar-refractivity contribution is 5.90. The minimum absolute atomic E-state index is 0.326. The summed E-state index contributed by atoms with van der Waals surface area (Å²) in [7, 11) is 0. The predicted molar refractivity (Wildman–Crippen MR) is 127 cm³/mol. The van der Waals surface area contributed by atoms with Gasteiger partial charge < -0.3 is 10.1 Å². The van der Waals surface area contributed by atoms with Gasteiger partial charge in [-0.05, 0) is 43.7 Å². The number of hydrogen-bond donors (Lipinski definition) is 1. The van der Waals surface area contributed by atoms with E-state index in [1.807, 2.05) is 67.6 Å². The molecule has 4 aromatic rings. The van der Waals surface area contributed by atoms with E-state index < -0.39 is 0 Å². The minimum atomic E-state index is -0.326. The van der Waals surface area contributed by atoms with Gasteiger partial charge in [0, 0.05) is 28.9 Å². The second kappa shape index (κ2) is 9.88. The second-order valence-corrected chi connectivity index (χ2v) is 7.41. The van der Waals surface area contributed by atoms with Crippen LogP contribution >= 0.6 is 0 Å². The molecule has 1 heterocycles. The number of nitrogens with one attached hydrogen (secondary N) is 1. The lowest BCUT2D eigenvalue weighted by molar-refractivity contribution is 0.0526. The first-order valence-electron chi connectivity index (χ1n) is 10.6. The van der Waals surface area contributed by atoms with Crippen molar-refractivity contribution in [2.45, 2.75) is 20.3 Å². The van der Waals surface area contributed by atoms with Gasteiger partial charge in [-0.2, -0.15) is 0 Å². The minimum Gasteiger partial charge on any atom is -0.462 e. The number of nitrogens with zero attached hydrogens (tertiary/aromatic N) is 2. The second-order valence-electron chi connectivity index (χ2n) is 7.41. The Morgan fingerprint density at radius 2 is 1.53 bits per heavy atom. The molecule has 4 rings (SSSR count). The number of carbonyl (C=O) groups is 1. The molecule has 0 saturated carbocycles. The third kappa shape index (κ3) is 5.01. The van der Waals surface area contributed by atoms with Crippen LogP contribution in [0.3, 0.4) is 0 Å². The van der Waals surface area contributed by atoms with Gasteiger partial charge in [0.15, 0.2) is 5.82 Å². The maximum atomic E-state index is 12.0. The standard InChI is InChI=1S/C27H25N3O2/c1-3-32-27(31)22-14-16-23(17-15-22)29-26-24(18-20-10-6-4-7-11-20)19(2)28-25(30-26)21-12-8-5-9-13-21/h4-17H,3,18H2,1-2H3,(H,28,29,30). The fourth-order valence-corrected chi connectivity index (χ4v) is 3.47. The normalized spacial score (nSPS) is 10.6. The lowest BCUT2D eigenvalue weighted by Gasteiger charge is -2.16. The quantitative estimate of drug-likeness (QED) is 0.371. The average molecular weight is 424 g/mol. The summed E-state index contributed by atoms with van der Waals surface area (Å²) in [6, 6.07) is 27.4. The average Bonchev–Trinajstić information content (AvgIpc) is 2.83. The molecule has 0 aliphatic rings. The smallest absolute Gasteiger partial charge is 0.338 e. The molecule has 0 radical (unpaired) electrons. The zero-order valence-electron chi connectivity index (χ0n) is 18.2. The number of carbonyl (C=O) groups excluding carboxylic acids is 1. The zero-order valence-corrected chi connectivity index (χ0v) is 18.2. The van der Waals surface area contributed by atoms with Gasteiger partial charge in [0.2, 0.25) is 0 Å². The summed E-state index contributed by atoms with van der Waals surface area (Å²) in [5.41, 5.74) is 5.46. The molecule has 5 nitrogen and oxygen atoms in total. The lowest BCUT2D eigenvalue weighted by atomic mass is 10.0. The Bertz CT molecular complexity index is 1190. The monoisotopic (exact) mass is 423 g/mol. The van der Waals surface area contributed by atoms with Gasteiger partial charge in [-0.1, -0.05) is 60.7 Å². The Labute approximate surface area is 188 Å². The number of aryl methyl sites for hydroxylation is 1. The Morgan fingerprint density at radius 1 is 0.875 bits per heavy atom. The first-order chi connectivity index (χ1) is 15.6. The number of benzene rings is 3. The van der Waals surface area contributed by atoms with Gasteiger partial charge in [-0.15, -0.1) is 0 Å². The van der Waals surface area contributed by atoms with E-state index >= 15 is 0 Å². The maximum absolute atomic E-state index is 12.0. The van der Waals surface area contributed by atoms with Crippen LogP contribution in [0.25, 0.3) is 11.4 Å². The number of esters is 1. The highest BCUT2D eigenvalue weighted by Gasteiger charge is 2.14. The molecule has 0 saturated heterocycles. The highest BCUT2D eigenvalue weighted by Crippen LogP contribution is 2.27. The topological polar surface area (TPSA) is 64.1 Å². The SMILES string of the molecule is CCOC(=O)c1ccc(Nc2nc(-c3ccccc3)nc(C)c2Cc2ccccc2)cc1. The number of hydrogen-bond acceptors (Lipinski definition) is 5. The molecule has 3 aromatic carbocycles. The van der Waals surface area contributed by atoms with Crippen LogP contribution in [0.15, 0.2) is 84.9 Å². The maximum Gasteiger partial charge on any atom is 0.338 e. The Hall–Kier alpha value is -3.99. The van der Waals surface area contributed by atoms with Crippen molar-refractivity contribution >= 4 is 17.5 Å². The van der Waals surface area contributed by atoms with Crippen molar-refractivity contribution in [1.82, 2.24) is 9.97 Å². The molecule has 32 heavy (non-hydrogen) atoms.